The first-order chi connectivity index (χ1) is 15.7. The average molecular weight is 491 g/mol. The zero-order valence-electron chi connectivity index (χ0n) is 18.3. The lowest BCUT2D eigenvalue weighted by Gasteiger charge is -2.26. The minimum Gasteiger partial charge on any atom is -0.508 e. The van der Waals surface area contributed by atoms with Gasteiger partial charge in [-0.2, -0.15) is 13.2 Å². The number of phenols is 1. The number of nitrogens with zero attached hydrogens (tertiary/aromatic N) is 2. The number of aryl methyl sites for hydroxylation is 2. The van der Waals surface area contributed by atoms with E-state index < -0.39 is 11.7 Å². The van der Waals surface area contributed by atoms with Crippen molar-refractivity contribution in [3.05, 3.63) is 89.0 Å². The second-order valence-electron chi connectivity index (χ2n) is 7.62. The van der Waals surface area contributed by atoms with Crippen LogP contribution in [0.4, 0.5) is 18.9 Å². The van der Waals surface area contributed by atoms with E-state index in [4.69, 9.17) is 0 Å². The van der Waals surface area contributed by atoms with Crippen molar-refractivity contribution in [2.75, 3.05) is 13.2 Å². The van der Waals surface area contributed by atoms with Crippen LogP contribution >= 0.6 is 11.8 Å². The van der Waals surface area contributed by atoms with Gasteiger partial charge < -0.3 is 15.1 Å². The summed E-state index contributed by atoms with van der Waals surface area (Å²) >= 11 is 1.39. The van der Waals surface area contributed by atoms with E-state index in [0.29, 0.717) is 17.4 Å². The van der Waals surface area contributed by atoms with E-state index in [1.165, 1.54) is 23.9 Å². The van der Waals surface area contributed by atoms with Crippen molar-refractivity contribution >= 4 is 22.6 Å². The van der Waals surface area contributed by atoms with Gasteiger partial charge in [0.25, 0.3) is 0 Å². The number of phenolic OH excluding ortho intramolecular Hbond substituents is 1. The van der Waals surface area contributed by atoms with Gasteiger partial charge in [-0.1, -0.05) is 49.0 Å². The summed E-state index contributed by atoms with van der Waals surface area (Å²) in [5.41, 5.74) is 2.70. The Morgan fingerprint density at radius 2 is 1.62 bits per heavy atom. The van der Waals surface area contributed by atoms with Crippen molar-refractivity contribution in [3.8, 4) is 5.75 Å². The number of aliphatic hydroxyl groups is 1. The highest BCUT2D eigenvalue weighted by molar-refractivity contribution is 8.13. The molecule has 0 saturated carbocycles. The van der Waals surface area contributed by atoms with E-state index in [-0.39, 0.29) is 26.3 Å². The molecule has 0 spiro atoms. The Kier molecular flexibility index (Phi) is 9.58. The molecule has 3 aromatic rings. The third-order valence-electron chi connectivity index (χ3n) is 4.90. The van der Waals surface area contributed by atoms with E-state index in [0.717, 1.165) is 33.7 Å². The fraction of sp³-hybridized carbons (Fsp3) is 0.269. The van der Waals surface area contributed by atoms with Gasteiger partial charge in [-0.25, -0.2) is 4.99 Å². The number of amidine groups is 1. The summed E-state index contributed by atoms with van der Waals surface area (Å²) in [4.78, 5) is 7.48. The Balaban J connectivity index is 0.00000408. The smallest absolute Gasteiger partial charge is 0.416 e. The van der Waals surface area contributed by atoms with Crippen LogP contribution in [0.25, 0.3) is 0 Å². The maximum atomic E-state index is 13.0. The molecule has 0 saturated heterocycles. The summed E-state index contributed by atoms with van der Waals surface area (Å²) in [7, 11) is 0. The second-order valence-corrected chi connectivity index (χ2v) is 8.63. The Hall–Kier alpha value is -2.97. The van der Waals surface area contributed by atoms with Crippen molar-refractivity contribution in [3.63, 3.8) is 0 Å². The fourth-order valence-electron chi connectivity index (χ4n) is 3.19. The SMILES string of the molecule is C.Cc1ccc(SC(=Nc2ccc(C(F)(F)F)cc2)N(CCO)Cc2ccc(O)cc2)c(C)c1. The van der Waals surface area contributed by atoms with Crippen LogP contribution in [0, 0.1) is 13.8 Å². The van der Waals surface area contributed by atoms with Crippen LogP contribution in [-0.2, 0) is 12.7 Å². The van der Waals surface area contributed by atoms with Gasteiger partial charge in [0.15, 0.2) is 5.17 Å². The largest absolute Gasteiger partial charge is 0.508 e. The molecule has 0 aliphatic heterocycles. The Bertz CT molecular complexity index is 1100. The number of aliphatic imine (C=N–C) groups is 1. The van der Waals surface area contributed by atoms with Gasteiger partial charge in [0.2, 0.25) is 0 Å². The van der Waals surface area contributed by atoms with E-state index >= 15 is 0 Å². The van der Waals surface area contributed by atoms with Crippen molar-refractivity contribution in [1.82, 2.24) is 4.90 Å². The van der Waals surface area contributed by atoms with E-state index in [1.54, 1.807) is 24.3 Å². The number of hydrogen-bond donors (Lipinski definition) is 2. The second kappa shape index (κ2) is 11.9. The lowest BCUT2D eigenvalue weighted by Crippen LogP contribution is -2.31. The zero-order chi connectivity index (χ0) is 24.0. The lowest BCUT2D eigenvalue weighted by atomic mass is 10.2. The first-order valence-corrected chi connectivity index (χ1v) is 11.1. The van der Waals surface area contributed by atoms with Crippen LogP contribution in [0.1, 0.15) is 29.7 Å². The molecule has 0 aliphatic carbocycles. The molecule has 0 heterocycles. The molecule has 0 unspecified atom stereocenters. The van der Waals surface area contributed by atoms with Crippen LogP contribution in [-0.4, -0.2) is 33.4 Å². The van der Waals surface area contributed by atoms with Gasteiger partial charge in [0.1, 0.15) is 5.75 Å². The van der Waals surface area contributed by atoms with Crippen LogP contribution in [0.3, 0.4) is 0 Å². The molecule has 0 atom stereocenters. The monoisotopic (exact) mass is 490 g/mol. The van der Waals surface area contributed by atoms with Crippen molar-refractivity contribution in [2.24, 2.45) is 4.99 Å². The van der Waals surface area contributed by atoms with Crippen LogP contribution in [0.15, 0.2) is 76.6 Å². The highest BCUT2D eigenvalue weighted by Crippen LogP contribution is 2.32. The number of thioether (sulfide) groups is 1. The first kappa shape index (κ1) is 27.3. The molecule has 0 amide bonds. The molecule has 0 fully saturated rings. The molecule has 34 heavy (non-hydrogen) atoms. The molecule has 3 aromatic carbocycles. The Morgan fingerprint density at radius 3 is 2.18 bits per heavy atom. The highest BCUT2D eigenvalue weighted by atomic mass is 32.2. The van der Waals surface area contributed by atoms with Gasteiger partial charge in [0, 0.05) is 18.0 Å². The van der Waals surface area contributed by atoms with Gasteiger partial charge in [0.05, 0.1) is 17.9 Å². The van der Waals surface area contributed by atoms with Gasteiger partial charge in [-0.05, 0) is 67.4 Å². The molecule has 4 nitrogen and oxygen atoms in total. The fourth-order valence-corrected chi connectivity index (χ4v) is 4.18. The number of aromatic hydroxyl groups is 1. The van der Waals surface area contributed by atoms with Crippen molar-refractivity contribution < 1.29 is 23.4 Å². The molecular formula is C26H29F3N2O2S. The van der Waals surface area contributed by atoms with E-state index in [9.17, 15) is 23.4 Å². The Morgan fingerprint density at radius 1 is 0.971 bits per heavy atom. The summed E-state index contributed by atoms with van der Waals surface area (Å²) in [5, 5.41) is 19.8. The normalized spacial score (nSPS) is 11.8. The average Bonchev–Trinajstić information content (AvgIpc) is 2.76. The quantitative estimate of drug-likeness (QED) is 0.223. The molecule has 3 rings (SSSR count). The van der Waals surface area contributed by atoms with E-state index in [2.05, 4.69) is 11.1 Å². The van der Waals surface area contributed by atoms with Gasteiger partial charge in [-0.15, -0.1) is 0 Å². The number of aliphatic hydroxyl groups excluding tert-OH is 1. The van der Waals surface area contributed by atoms with Crippen LogP contribution in [0.5, 0.6) is 5.75 Å². The maximum absolute atomic E-state index is 13.0. The molecule has 182 valence electrons. The third-order valence-corrected chi connectivity index (χ3v) is 6.11. The predicted molar refractivity (Wildman–Crippen MR) is 133 cm³/mol. The topological polar surface area (TPSA) is 56.1 Å². The Labute approximate surface area is 202 Å². The summed E-state index contributed by atoms with van der Waals surface area (Å²) in [6, 6.07) is 17.4. The number of benzene rings is 3. The van der Waals surface area contributed by atoms with Crippen molar-refractivity contribution in [2.45, 2.75) is 38.9 Å². The first-order valence-electron chi connectivity index (χ1n) is 10.3. The van der Waals surface area contributed by atoms with Gasteiger partial charge in [-0.3, -0.25) is 0 Å². The molecule has 8 heteroatoms. The number of hydrogen-bond acceptors (Lipinski definition) is 4. The van der Waals surface area contributed by atoms with E-state index in [1.807, 2.05) is 30.9 Å². The summed E-state index contributed by atoms with van der Waals surface area (Å²) < 4.78 is 38.9. The zero-order valence-corrected chi connectivity index (χ0v) is 19.1. The lowest BCUT2D eigenvalue weighted by molar-refractivity contribution is -0.137. The standard InChI is InChI=1S/C25H25F3N2O2S.CH4/c1-17-3-12-23(18(2)15-17)33-24(29-21-8-6-20(7-9-21)25(26,27)28)30(13-14-31)16-19-4-10-22(32)11-5-19;/h3-12,15,31-32H,13-14,16H2,1-2H3;1H4. The number of rotatable bonds is 6. The molecular weight excluding hydrogens is 461 g/mol. The number of alkyl halides is 3. The molecule has 0 aromatic heterocycles. The predicted octanol–water partition coefficient (Wildman–Crippen LogP) is 6.94. The minimum atomic E-state index is -4.42. The summed E-state index contributed by atoms with van der Waals surface area (Å²) in [6.45, 7) is 4.54. The van der Waals surface area contributed by atoms with Gasteiger partial charge >= 0.3 is 6.18 Å². The molecule has 0 radical (unpaired) electrons. The van der Waals surface area contributed by atoms with Crippen LogP contribution < -0.4 is 0 Å². The van der Waals surface area contributed by atoms with Crippen LogP contribution in [0.2, 0.25) is 0 Å². The minimum absolute atomic E-state index is 0. The summed E-state index contributed by atoms with van der Waals surface area (Å²) in [6.07, 6.45) is -4.42. The van der Waals surface area contributed by atoms with Crippen molar-refractivity contribution in [1.29, 1.82) is 0 Å². The third kappa shape index (κ3) is 7.53. The number of halogens is 3. The molecule has 0 aliphatic rings. The molecule has 2 N–H and O–H groups in total. The summed E-state index contributed by atoms with van der Waals surface area (Å²) in [5.74, 6) is 0.149. The molecule has 0 bridgehead atoms. The maximum Gasteiger partial charge on any atom is 0.416 e. The highest BCUT2D eigenvalue weighted by Gasteiger charge is 2.30.